The van der Waals surface area contributed by atoms with Gasteiger partial charge in [0.15, 0.2) is 0 Å². The van der Waals surface area contributed by atoms with Crippen LogP contribution in [0.5, 0.6) is 5.75 Å². The minimum absolute atomic E-state index is 0.0539. The third-order valence-electron chi connectivity index (χ3n) is 7.04. The molecule has 0 aliphatic carbocycles. The van der Waals surface area contributed by atoms with Gasteiger partial charge in [0.2, 0.25) is 11.8 Å². The van der Waals surface area contributed by atoms with Gasteiger partial charge in [-0.1, -0.05) is 32.0 Å². The standard InChI is InChI=1S/C24H35N3O4.CH2O2/c1-18(2)23(30)27-10-5-9-24(17-27)16-26(11-8-21(24)28)22(29)15-25-12-13-31-20-7-4-3-6-19(20)14-25;2-1-3/h3-4,6-7,18,21,28H,5,8-17H2,1-2H3;1H,(H,2,3)/t21-,24-;/m0./s1. The molecular formula is C25H37N3O6. The number of nitrogens with zero attached hydrogens (tertiary/aromatic N) is 3. The van der Waals surface area contributed by atoms with E-state index in [1.54, 1.807) is 0 Å². The number of carboxylic acid groups (broad SMARTS) is 1. The lowest BCUT2D eigenvalue weighted by Crippen LogP contribution is -2.61. The van der Waals surface area contributed by atoms with E-state index in [4.69, 9.17) is 14.6 Å². The molecule has 9 heteroatoms. The molecule has 2 fully saturated rings. The first kappa shape index (κ1) is 26.0. The van der Waals surface area contributed by atoms with Gasteiger partial charge in [0.05, 0.1) is 12.6 Å². The Kier molecular flexibility index (Phi) is 8.90. The molecular weight excluding hydrogens is 438 g/mol. The molecule has 1 aromatic carbocycles. The van der Waals surface area contributed by atoms with Crippen LogP contribution in [0, 0.1) is 11.3 Å². The van der Waals surface area contributed by atoms with Crippen LogP contribution < -0.4 is 4.74 Å². The Labute approximate surface area is 201 Å². The molecule has 1 spiro atoms. The van der Waals surface area contributed by atoms with Crippen LogP contribution in [0.4, 0.5) is 0 Å². The van der Waals surface area contributed by atoms with Gasteiger partial charge in [-0.15, -0.1) is 0 Å². The van der Waals surface area contributed by atoms with Gasteiger partial charge >= 0.3 is 0 Å². The van der Waals surface area contributed by atoms with Crippen LogP contribution in [0.25, 0.3) is 0 Å². The molecule has 2 atom stereocenters. The van der Waals surface area contributed by atoms with E-state index >= 15 is 0 Å². The van der Waals surface area contributed by atoms with E-state index in [0.717, 1.165) is 30.7 Å². The maximum absolute atomic E-state index is 13.2. The van der Waals surface area contributed by atoms with Gasteiger partial charge in [0.25, 0.3) is 6.47 Å². The number of fused-ring (bicyclic) bond motifs is 1. The second kappa shape index (κ2) is 11.7. The number of likely N-dealkylation sites (tertiary alicyclic amines) is 2. The molecule has 34 heavy (non-hydrogen) atoms. The number of hydrogen-bond acceptors (Lipinski definition) is 6. The third kappa shape index (κ3) is 6.07. The molecule has 3 heterocycles. The molecule has 2 saturated heterocycles. The number of ether oxygens (including phenoxy) is 1. The molecule has 0 aromatic heterocycles. The lowest BCUT2D eigenvalue weighted by Gasteiger charge is -2.51. The quantitative estimate of drug-likeness (QED) is 0.637. The Morgan fingerprint density at radius 1 is 1.18 bits per heavy atom. The summed E-state index contributed by atoms with van der Waals surface area (Å²) in [5.74, 6) is 1.08. The van der Waals surface area contributed by atoms with Crippen molar-refractivity contribution in [3.05, 3.63) is 29.8 Å². The number of benzene rings is 1. The zero-order valence-electron chi connectivity index (χ0n) is 20.2. The van der Waals surface area contributed by atoms with Crippen molar-refractivity contribution in [2.45, 2.75) is 45.8 Å². The molecule has 3 aliphatic heterocycles. The lowest BCUT2D eigenvalue weighted by molar-refractivity contribution is -0.151. The number of para-hydroxylation sites is 1. The number of amides is 2. The van der Waals surface area contributed by atoms with Crippen LogP contribution in [-0.4, -0.2) is 95.2 Å². The van der Waals surface area contributed by atoms with Crippen molar-refractivity contribution in [3.63, 3.8) is 0 Å². The predicted octanol–water partition coefficient (Wildman–Crippen LogP) is 1.44. The number of hydrogen-bond donors (Lipinski definition) is 2. The normalized spacial score (nSPS) is 25.0. The zero-order valence-corrected chi connectivity index (χ0v) is 20.2. The maximum Gasteiger partial charge on any atom is 0.290 e. The SMILES string of the molecule is CC(C)C(=O)N1CCC[C@]2(CN(C(=O)CN3CCOc4ccccc4C3)CC[C@@H]2O)C1.O=CO. The van der Waals surface area contributed by atoms with Crippen LogP contribution >= 0.6 is 0 Å². The van der Waals surface area contributed by atoms with E-state index in [-0.39, 0.29) is 24.2 Å². The Hall–Kier alpha value is -2.65. The van der Waals surface area contributed by atoms with Crippen molar-refractivity contribution in [1.29, 1.82) is 0 Å². The summed E-state index contributed by atoms with van der Waals surface area (Å²) in [6.45, 7) is 8.28. The zero-order chi connectivity index (χ0) is 24.7. The summed E-state index contributed by atoms with van der Waals surface area (Å²) in [7, 11) is 0. The Bertz CT molecular complexity index is 863. The first-order chi connectivity index (χ1) is 16.3. The van der Waals surface area contributed by atoms with Gasteiger partial charge in [-0.2, -0.15) is 0 Å². The molecule has 0 saturated carbocycles. The van der Waals surface area contributed by atoms with Crippen LogP contribution in [0.15, 0.2) is 24.3 Å². The van der Waals surface area contributed by atoms with Crippen LogP contribution in [-0.2, 0) is 20.9 Å². The molecule has 2 amide bonds. The van der Waals surface area contributed by atoms with Gasteiger partial charge in [-0.3, -0.25) is 19.3 Å². The molecule has 0 radical (unpaired) electrons. The highest BCUT2D eigenvalue weighted by molar-refractivity contribution is 5.79. The average Bonchev–Trinajstić information content (AvgIpc) is 3.02. The monoisotopic (exact) mass is 475 g/mol. The topological polar surface area (TPSA) is 111 Å². The molecule has 2 N–H and O–H groups in total. The fraction of sp³-hybridized carbons (Fsp3) is 0.640. The van der Waals surface area contributed by atoms with Gasteiger partial charge in [0.1, 0.15) is 12.4 Å². The number of aliphatic hydroxyl groups is 1. The molecule has 188 valence electrons. The van der Waals surface area contributed by atoms with Gasteiger partial charge < -0.3 is 24.7 Å². The maximum atomic E-state index is 13.2. The summed E-state index contributed by atoms with van der Waals surface area (Å²) in [5.41, 5.74) is 0.694. The Balaban J connectivity index is 0.00000103. The van der Waals surface area contributed by atoms with E-state index in [2.05, 4.69) is 4.90 Å². The lowest BCUT2D eigenvalue weighted by atomic mass is 9.71. The second-order valence-electron chi connectivity index (χ2n) is 9.77. The number of aliphatic hydroxyl groups excluding tert-OH is 1. The fourth-order valence-corrected chi connectivity index (χ4v) is 5.28. The van der Waals surface area contributed by atoms with Crippen molar-refractivity contribution in [1.82, 2.24) is 14.7 Å². The number of carbonyl (C=O) groups is 3. The molecule has 0 unspecified atom stereocenters. The first-order valence-electron chi connectivity index (χ1n) is 12.0. The van der Waals surface area contributed by atoms with Crippen molar-refractivity contribution >= 4 is 18.3 Å². The molecule has 0 bridgehead atoms. The highest BCUT2D eigenvalue weighted by Gasteiger charge is 2.47. The average molecular weight is 476 g/mol. The van der Waals surface area contributed by atoms with Gasteiger partial charge in [-0.25, -0.2) is 0 Å². The molecule has 1 aromatic rings. The predicted molar refractivity (Wildman–Crippen MR) is 126 cm³/mol. The summed E-state index contributed by atoms with van der Waals surface area (Å²) in [6, 6.07) is 7.99. The van der Waals surface area contributed by atoms with Crippen LogP contribution in [0.2, 0.25) is 0 Å². The highest BCUT2D eigenvalue weighted by atomic mass is 16.5. The largest absolute Gasteiger partial charge is 0.492 e. The summed E-state index contributed by atoms with van der Waals surface area (Å²) >= 11 is 0. The third-order valence-corrected chi connectivity index (χ3v) is 7.04. The molecule has 4 rings (SSSR count). The summed E-state index contributed by atoms with van der Waals surface area (Å²) in [4.78, 5) is 40.1. The van der Waals surface area contributed by atoms with Gasteiger partial charge in [-0.05, 0) is 25.3 Å². The van der Waals surface area contributed by atoms with Crippen molar-refractivity contribution in [2.24, 2.45) is 11.3 Å². The second-order valence-corrected chi connectivity index (χ2v) is 9.77. The highest BCUT2D eigenvalue weighted by Crippen LogP contribution is 2.39. The van der Waals surface area contributed by atoms with E-state index in [1.165, 1.54) is 0 Å². The first-order valence-corrected chi connectivity index (χ1v) is 12.0. The summed E-state index contributed by atoms with van der Waals surface area (Å²) in [5, 5.41) is 17.8. The van der Waals surface area contributed by atoms with E-state index < -0.39 is 11.5 Å². The minimum atomic E-state index is -0.474. The summed E-state index contributed by atoms with van der Waals surface area (Å²) in [6.07, 6.45) is 1.82. The molecule has 9 nitrogen and oxygen atoms in total. The van der Waals surface area contributed by atoms with Crippen molar-refractivity contribution in [2.75, 3.05) is 45.9 Å². The summed E-state index contributed by atoms with van der Waals surface area (Å²) < 4.78 is 5.83. The number of piperidine rings is 2. The number of rotatable bonds is 3. The Morgan fingerprint density at radius 3 is 2.62 bits per heavy atom. The fourth-order valence-electron chi connectivity index (χ4n) is 5.28. The Morgan fingerprint density at radius 2 is 1.88 bits per heavy atom. The van der Waals surface area contributed by atoms with Gasteiger partial charge in [0, 0.05) is 56.2 Å². The van der Waals surface area contributed by atoms with Crippen molar-refractivity contribution in [3.8, 4) is 5.75 Å². The smallest absolute Gasteiger partial charge is 0.290 e. The van der Waals surface area contributed by atoms with Crippen LogP contribution in [0.3, 0.4) is 0 Å². The van der Waals surface area contributed by atoms with Crippen LogP contribution in [0.1, 0.15) is 38.7 Å². The van der Waals surface area contributed by atoms with Crippen molar-refractivity contribution < 1.29 is 29.3 Å². The van der Waals surface area contributed by atoms with E-state index in [0.29, 0.717) is 52.3 Å². The minimum Gasteiger partial charge on any atom is -0.492 e. The molecule has 3 aliphatic rings. The van der Waals surface area contributed by atoms with E-state index in [1.807, 2.05) is 47.9 Å². The van der Waals surface area contributed by atoms with E-state index in [9.17, 15) is 14.7 Å². The number of carbonyl (C=O) groups excluding carboxylic acids is 2.